The van der Waals surface area contributed by atoms with E-state index in [0.29, 0.717) is 32.2 Å². The number of H-pyrrole nitrogens is 1. The van der Waals surface area contributed by atoms with Gasteiger partial charge in [-0.3, -0.25) is 5.10 Å². The van der Waals surface area contributed by atoms with E-state index in [1.165, 1.54) is 0 Å². The molecule has 0 amide bonds. The van der Waals surface area contributed by atoms with Gasteiger partial charge in [0.25, 0.3) is 10.0 Å². The molecule has 2 aliphatic rings. The van der Waals surface area contributed by atoms with Gasteiger partial charge in [0.15, 0.2) is 5.03 Å². The molecule has 3 rings (SSSR count). The van der Waals surface area contributed by atoms with Crippen LogP contribution in [0.1, 0.15) is 30.5 Å². The molecule has 1 saturated carbocycles. The third-order valence-corrected chi connectivity index (χ3v) is 5.18. The molecular weight excluding hydrogens is 280 g/mol. The smallest absolute Gasteiger partial charge is 0.260 e. The summed E-state index contributed by atoms with van der Waals surface area (Å²) in [5.41, 5.74) is 1.52. The number of sulfonamides is 1. The number of nitrogens with zero attached hydrogens (tertiary/aromatic N) is 1. The quantitative estimate of drug-likeness (QED) is 0.689. The molecule has 1 aromatic rings. The van der Waals surface area contributed by atoms with Gasteiger partial charge in [0.1, 0.15) is 0 Å². The SMILES string of the molecule is Cc1[nH]nc(S(=O)(=O)NC2CCOC2)c1CNC1CC1. The van der Waals surface area contributed by atoms with Crippen LogP contribution in [-0.2, 0) is 21.3 Å². The first-order valence-corrected chi connectivity index (χ1v) is 8.42. The lowest BCUT2D eigenvalue weighted by molar-refractivity contribution is 0.192. The lowest BCUT2D eigenvalue weighted by atomic mass is 10.2. The summed E-state index contributed by atoms with van der Waals surface area (Å²) in [4.78, 5) is 0. The second-order valence-electron chi connectivity index (χ2n) is 5.47. The van der Waals surface area contributed by atoms with Crippen molar-refractivity contribution in [3.8, 4) is 0 Å². The number of aryl methyl sites for hydroxylation is 1. The van der Waals surface area contributed by atoms with Gasteiger partial charge in [0.2, 0.25) is 0 Å². The number of hydrogen-bond donors (Lipinski definition) is 3. The van der Waals surface area contributed by atoms with Gasteiger partial charge in [0.05, 0.1) is 6.61 Å². The van der Waals surface area contributed by atoms with Gasteiger partial charge in [-0.15, -0.1) is 0 Å². The van der Waals surface area contributed by atoms with E-state index >= 15 is 0 Å². The zero-order chi connectivity index (χ0) is 14.2. The number of nitrogens with one attached hydrogen (secondary N) is 3. The van der Waals surface area contributed by atoms with Crippen molar-refractivity contribution in [1.82, 2.24) is 20.2 Å². The molecule has 0 aromatic carbocycles. The molecule has 8 heteroatoms. The van der Waals surface area contributed by atoms with Gasteiger partial charge in [-0.1, -0.05) is 0 Å². The first-order valence-electron chi connectivity index (χ1n) is 6.93. The van der Waals surface area contributed by atoms with E-state index < -0.39 is 10.0 Å². The average molecular weight is 300 g/mol. The maximum atomic E-state index is 12.4. The maximum Gasteiger partial charge on any atom is 0.260 e. The van der Waals surface area contributed by atoms with Gasteiger partial charge in [-0.05, 0) is 26.2 Å². The largest absolute Gasteiger partial charge is 0.380 e. The van der Waals surface area contributed by atoms with Crippen molar-refractivity contribution in [1.29, 1.82) is 0 Å². The van der Waals surface area contributed by atoms with Crippen molar-refractivity contribution in [3.63, 3.8) is 0 Å². The predicted molar refractivity (Wildman–Crippen MR) is 72.7 cm³/mol. The minimum atomic E-state index is -3.59. The molecule has 0 radical (unpaired) electrons. The van der Waals surface area contributed by atoms with Crippen LogP contribution in [0.25, 0.3) is 0 Å². The molecule has 1 aliphatic carbocycles. The minimum absolute atomic E-state index is 0.107. The Hall–Kier alpha value is -0.960. The fraction of sp³-hybridized carbons (Fsp3) is 0.750. The number of hydrogen-bond acceptors (Lipinski definition) is 5. The number of aromatic nitrogens is 2. The molecule has 0 spiro atoms. The van der Waals surface area contributed by atoms with Crippen molar-refractivity contribution in [2.24, 2.45) is 0 Å². The van der Waals surface area contributed by atoms with Crippen molar-refractivity contribution in [3.05, 3.63) is 11.3 Å². The highest BCUT2D eigenvalue weighted by Crippen LogP contribution is 2.22. The zero-order valence-corrected chi connectivity index (χ0v) is 12.3. The zero-order valence-electron chi connectivity index (χ0n) is 11.5. The lowest BCUT2D eigenvalue weighted by Gasteiger charge is -2.11. The topological polar surface area (TPSA) is 96.1 Å². The molecule has 20 heavy (non-hydrogen) atoms. The molecule has 1 aromatic heterocycles. The first-order chi connectivity index (χ1) is 9.56. The fourth-order valence-electron chi connectivity index (χ4n) is 2.30. The van der Waals surface area contributed by atoms with E-state index in [1.807, 2.05) is 6.92 Å². The molecule has 112 valence electrons. The summed E-state index contributed by atoms with van der Waals surface area (Å²) >= 11 is 0. The van der Waals surface area contributed by atoms with Crippen molar-refractivity contribution < 1.29 is 13.2 Å². The standard InChI is InChI=1S/C12H20N4O3S/c1-8-11(6-13-9-2-3-9)12(15-14-8)20(17,18)16-10-4-5-19-7-10/h9-10,13,16H,2-7H2,1H3,(H,14,15). The highest BCUT2D eigenvalue weighted by atomic mass is 32.2. The molecule has 1 aliphatic heterocycles. The van der Waals surface area contributed by atoms with E-state index in [4.69, 9.17) is 4.74 Å². The fourth-order valence-corrected chi connectivity index (χ4v) is 3.75. The minimum Gasteiger partial charge on any atom is -0.380 e. The van der Waals surface area contributed by atoms with Crippen molar-refractivity contribution >= 4 is 10.0 Å². The third-order valence-electron chi connectivity index (χ3n) is 3.69. The Morgan fingerprint density at radius 2 is 2.15 bits per heavy atom. The second-order valence-corrected chi connectivity index (χ2v) is 7.10. The third kappa shape index (κ3) is 3.03. The normalized spacial score (nSPS) is 23.4. The number of aromatic amines is 1. The Morgan fingerprint density at radius 3 is 2.80 bits per heavy atom. The van der Waals surface area contributed by atoms with Crippen LogP contribution in [0.2, 0.25) is 0 Å². The predicted octanol–water partition coefficient (Wildman–Crippen LogP) is 0.0373. The van der Waals surface area contributed by atoms with Gasteiger partial charge < -0.3 is 10.1 Å². The summed E-state index contributed by atoms with van der Waals surface area (Å²) in [5.74, 6) is 0. The summed E-state index contributed by atoms with van der Waals surface area (Å²) in [7, 11) is -3.59. The van der Waals surface area contributed by atoms with Crippen LogP contribution in [0.5, 0.6) is 0 Å². The van der Waals surface area contributed by atoms with Gasteiger partial charge in [-0.25, -0.2) is 13.1 Å². The van der Waals surface area contributed by atoms with E-state index in [1.54, 1.807) is 0 Å². The van der Waals surface area contributed by atoms with Crippen molar-refractivity contribution in [2.45, 2.75) is 49.8 Å². The number of rotatable bonds is 6. The molecule has 0 bridgehead atoms. The summed E-state index contributed by atoms with van der Waals surface area (Å²) in [6.45, 7) is 3.40. The average Bonchev–Trinajstić information content (AvgIpc) is 2.94. The molecule has 1 atom stereocenters. The molecule has 3 N–H and O–H groups in total. The number of ether oxygens (including phenoxy) is 1. The first kappa shape index (κ1) is 14.0. The van der Waals surface area contributed by atoms with Crippen LogP contribution >= 0.6 is 0 Å². The molecule has 2 heterocycles. The maximum absolute atomic E-state index is 12.4. The van der Waals surface area contributed by atoms with Gasteiger partial charge in [0, 0.05) is 36.5 Å². The highest BCUT2D eigenvalue weighted by Gasteiger charge is 2.29. The van der Waals surface area contributed by atoms with E-state index in [-0.39, 0.29) is 11.1 Å². The Balaban J connectivity index is 1.76. The molecule has 1 saturated heterocycles. The summed E-state index contributed by atoms with van der Waals surface area (Å²) in [5, 5.41) is 10.2. The molecule has 1 unspecified atom stereocenters. The molecule has 2 fully saturated rings. The van der Waals surface area contributed by atoms with Crippen LogP contribution in [-0.4, -0.2) is 43.9 Å². The second kappa shape index (κ2) is 5.44. The summed E-state index contributed by atoms with van der Waals surface area (Å²) in [6.07, 6.45) is 3.03. The summed E-state index contributed by atoms with van der Waals surface area (Å²) < 4.78 is 32.7. The summed E-state index contributed by atoms with van der Waals surface area (Å²) in [6, 6.07) is 0.372. The van der Waals surface area contributed by atoms with E-state index in [2.05, 4.69) is 20.2 Å². The van der Waals surface area contributed by atoms with Crippen LogP contribution in [0, 0.1) is 6.92 Å². The van der Waals surface area contributed by atoms with Crippen LogP contribution in [0.3, 0.4) is 0 Å². The van der Waals surface area contributed by atoms with E-state index in [0.717, 1.165) is 24.1 Å². The molecular formula is C12H20N4O3S. The van der Waals surface area contributed by atoms with Crippen LogP contribution < -0.4 is 10.0 Å². The molecule has 7 nitrogen and oxygen atoms in total. The Bertz CT molecular complexity index is 574. The monoisotopic (exact) mass is 300 g/mol. The van der Waals surface area contributed by atoms with Crippen molar-refractivity contribution in [2.75, 3.05) is 13.2 Å². The highest BCUT2D eigenvalue weighted by molar-refractivity contribution is 7.89. The lowest BCUT2D eigenvalue weighted by Crippen LogP contribution is -2.36. The van der Waals surface area contributed by atoms with Crippen LogP contribution in [0.15, 0.2) is 5.03 Å². The van der Waals surface area contributed by atoms with Gasteiger partial charge in [-0.2, -0.15) is 5.10 Å². The van der Waals surface area contributed by atoms with E-state index in [9.17, 15) is 8.42 Å². The Kier molecular flexibility index (Phi) is 3.80. The Labute approximate surface area is 118 Å². The van der Waals surface area contributed by atoms with Crippen LogP contribution in [0.4, 0.5) is 0 Å². The van der Waals surface area contributed by atoms with Gasteiger partial charge >= 0.3 is 0 Å². The Morgan fingerprint density at radius 1 is 1.35 bits per heavy atom.